The fourth-order valence-electron chi connectivity index (χ4n) is 1.97. The lowest BCUT2D eigenvalue weighted by Crippen LogP contribution is -2.16. The average Bonchev–Trinajstić information content (AvgIpc) is 2.38. The topological polar surface area (TPSA) is 9.23 Å². The second kappa shape index (κ2) is 5.87. The predicted molar refractivity (Wildman–Crippen MR) is 75.6 cm³/mol. The van der Waals surface area contributed by atoms with Crippen molar-refractivity contribution in [2.75, 3.05) is 0 Å². The molecule has 0 atom stereocenters. The molecule has 0 saturated heterocycles. The van der Waals surface area contributed by atoms with Crippen molar-refractivity contribution >= 4 is 15.9 Å². The number of alkyl halides is 3. The minimum absolute atomic E-state index is 0.212. The van der Waals surface area contributed by atoms with E-state index in [1.165, 1.54) is 12.1 Å². The SMILES string of the molecule is CCc1cc(Br)ccc1-c1ccc(OC(F)(F)F)cc1. The van der Waals surface area contributed by atoms with Gasteiger partial charge in [0.25, 0.3) is 0 Å². The zero-order chi connectivity index (χ0) is 14.8. The van der Waals surface area contributed by atoms with Gasteiger partial charge in [-0.05, 0) is 47.4 Å². The highest BCUT2D eigenvalue weighted by Gasteiger charge is 2.30. The maximum atomic E-state index is 12.1. The molecule has 0 heterocycles. The normalized spacial score (nSPS) is 11.4. The number of hydrogen-bond acceptors (Lipinski definition) is 1. The summed E-state index contributed by atoms with van der Waals surface area (Å²) in [5.74, 6) is -0.212. The van der Waals surface area contributed by atoms with E-state index in [2.05, 4.69) is 20.7 Å². The molecule has 0 saturated carbocycles. The summed E-state index contributed by atoms with van der Waals surface area (Å²) in [6, 6.07) is 11.8. The number of rotatable bonds is 3. The molecule has 2 aromatic rings. The maximum absolute atomic E-state index is 12.1. The first-order valence-electron chi connectivity index (χ1n) is 6.03. The van der Waals surface area contributed by atoms with E-state index in [1.54, 1.807) is 12.1 Å². The maximum Gasteiger partial charge on any atom is 0.573 e. The van der Waals surface area contributed by atoms with E-state index in [9.17, 15) is 13.2 Å². The average molecular weight is 345 g/mol. The Hall–Kier alpha value is -1.49. The molecular formula is C15H12BrF3O. The van der Waals surface area contributed by atoms with Gasteiger partial charge in [-0.3, -0.25) is 0 Å². The number of hydrogen-bond donors (Lipinski definition) is 0. The molecule has 20 heavy (non-hydrogen) atoms. The van der Waals surface area contributed by atoms with Crippen LogP contribution in [0.1, 0.15) is 12.5 Å². The standard InChI is InChI=1S/C15H12BrF3O/c1-2-10-9-12(16)5-8-14(10)11-3-6-13(7-4-11)20-15(17,18)19/h3-9H,2H2,1H3. The van der Waals surface area contributed by atoms with Gasteiger partial charge in [0.05, 0.1) is 0 Å². The molecule has 0 spiro atoms. The molecule has 0 aliphatic carbocycles. The molecule has 1 nitrogen and oxygen atoms in total. The van der Waals surface area contributed by atoms with Crippen molar-refractivity contribution < 1.29 is 17.9 Å². The third kappa shape index (κ3) is 3.76. The molecule has 106 valence electrons. The minimum atomic E-state index is -4.66. The summed E-state index contributed by atoms with van der Waals surface area (Å²) in [6.45, 7) is 2.03. The van der Waals surface area contributed by atoms with Gasteiger partial charge < -0.3 is 4.74 Å². The second-order valence-electron chi connectivity index (χ2n) is 4.23. The molecular weight excluding hydrogens is 333 g/mol. The number of halogens is 4. The van der Waals surface area contributed by atoms with Gasteiger partial charge in [0.2, 0.25) is 0 Å². The highest BCUT2D eigenvalue weighted by atomic mass is 79.9. The highest BCUT2D eigenvalue weighted by Crippen LogP contribution is 2.30. The van der Waals surface area contributed by atoms with Crippen LogP contribution >= 0.6 is 15.9 Å². The molecule has 0 aromatic heterocycles. The highest BCUT2D eigenvalue weighted by molar-refractivity contribution is 9.10. The van der Waals surface area contributed by atoms with E-state index in [1.807, 2.05) is 25.1 Å². The van der Waals surface area contributed by atoms with Crippen LogP contribution in [0, 0.1) is 0 Å². The smallest absolute Gasteiger partial charge is 0.406 e. The summed E-state index contributed by atoms with van der Waals surface area (Å²) in [5, 5.41) is 0. The zero-order valence-electron chi connectivity index (χ0n) is 10.7. The quantitative estimate of drug-likeness (QED) is 0.706. The van der Waals surface area contributed by atoms with Gasteiger partial charge in [0.1, 0.15) is 5.75 Å². The van der Waals surface area contributed by atoms with Crippen LogP contribution in [0.3, 0.4) is 0 Å². The summed E-state index contributed by atoms with van der Waals surface area (Å²) < 4.78 is 41.1. The lowest BCUT2D eigenvalue weighted by Gasteiger charge is -2.11. The fourth-order valence-corrected chi connectivity index (χ4v) is 2.38. The summed E-state index contributed by atoms with van der Waals surface area (Å²) in [5.41, 5.74) is 3.00. The molecule has 2 rings (SSSR count). The lowest BCUT2D eigenvalue weighted by molar-refractivity contribution is -0.274. The Bertz CT molecular complexity index is 591. The van der Waals surface area contributed by atoms with Crippen molar-refractivity contribution in [1.82, 2.24) is 0 Å². The molecule has 0 bridgehead atoms. The molecule has 2 aromatic carbocycles. The summed E-state index contributed by atoms with van der Waals surface area (Å²) in [4.78, 5) is 0. The monoisotopic (exact) mass is 344 g/mol. The minimum Gasteiger partial charge on any atom is -0.406 e. The van der Waals surface area contributed by atoms with Crippen molar-refractivity contribution in [1.29, 1.82) is 0 Å². The molecule has 0 unspecified atom stereocenters. The van der Waals surface area contributed by atoms with Gasteiger partial charge in [-0.15, -0.1) is 13.2 Å². The van der Waals surface area contributed by atoms with Crippen molar-refractivity contribution in [3.63, 3.8) is 0 Å². The molecule has 0 radical (unpaired) electrons. The van der Waals surface area contributed by atoms with Gasteiger partial charge >= 0.3 is 6.36 Å². The zero-order valence-corrected chi connectivity index (χ0v) is 12.3. The van der Waals surface area contributed by atoms with Gasteiger partial charge in [0, 0.05) is 4.47 Å². The molecule has 5 heteroatoms. The van der Waals surface area contributed by atoms with Crippen LogP contribution in [-0.2, 0) is 6.42 Å². The van der Waals surface area contributed by atoms with Crippen LogP contribution in [0.25, 0.3) is 11.1 Å². The van der Waals surface area contributed by atoms with Crippen LogP contribution in [0.2, 0.25) is 0 Å². The Labute approximate surface area is 123 Å². The summed E-state index contributed by atoms with van der Waals surface area (Å²) in [6.07, 6.45) is -3.82. The van der Waals surface area contributed by atoms with Crippen LogP contribution < -0.4 is 4.74 Å². The Kier molecular flexibility index (Phi) is 4.38. The first-order valence-corrected chi connectivity index (χ1v) is 6.83. The Balaban J connectivity index is 2.30. The molecule has 0 aliphatic rings. The van der Waals surface area contributed by atoms with E-state index >= 15 is 0 Å². The van der Waals surface area contributed by atoms with Crippen LogP contribution in [-0.4, -0.2) is 6.36 Å². The summed E-state index contributed by atoms with van der Waals surface area (Å²) >= 11 is 3.41. The number of ether oxygens (including phenoxy) is 1. The first-order chi connectivity index (χ1) is 9.39. The predicted octanol–water partition coefficient (Wildman–Crippen LogP) is 5.58. The fraction of sp³-hybridized carbons (Fsp3) is 0.200. The van der Waals surface area contributed by atoms with E-state index < -0.39 is 6.36 Å². The lowest BCUT2D eigenvalue weighted by atomic mass is 9.98. The van der Waals surface area contributed by atoms with Crippen LogP contribution in [0.5, 0.6) is 5.75 Å². The Morgan fingerprint density at radius 2 is 1.70 bits per heavy atom. The molecule has 0 fully saturated rings. The Morgan fingerprint density at radius 3 is 2.25 bits per heavy atom. The van der Waals surface area contributed by atoms with E-state index in [4.69, 9.17) is 0 Å². The van der Waals surface area contributed by atoms with Crippen LogP contribution in [0.15, 0.2) is 46.9 Å². The summed E-state index contributed by atoms with van der Waals surface area (Å²) in [7, 11) is 0. The molecule has 0 aliphatic heterocycles. The van der Waals surface area contributed by atoms with Gasteiger partial charge in [0.15, 0.2) is 0 Å². The first kappa shape index (κ1) is 14.9. The number of benzene rings is 2. The van der Waals surface area contributed by atoms with E-state index in [0.29, 0.717) is 0 Å². The second-order valence-corrected chi connectivity index (χ2v) is 5.14. The van der Waals surface area contributed by atoms with Crippen molar-refractivity contribution in [3.05, 3.63) is 52.5 Å². The third-order valence-electron chi connectivity index (χ3n) is 2.85. The van der Waals surface area contributed by atoms with Gasteiger partial charge in [-0.25, -0.2) is 0 Å². The van der Waals surface area contributed by atoms with Crippen molar-refractivity contribution in [3.8, 4) is 16.9 Å². The van der Waals surface area contributed by atoms with Gasteiger partial charge in [-0.1, -0.05) is 41.1 Å². The largest absolute Gasteiger partial charge is 0.573 e. The molecule has 0 amide bonds. The van der Waals surface area contributed by atoms with Crippen LogP contribution in [0.4, 0.5) is 13.2 Å². The van der Waals surface area contributed by atoms with E-state index in [0.717, 1.165) is 27.6 Å². The Morgan fingerprint density at radius 1 is 1.05 bits per heavy atom. The molecule has 0 N–H and O–H groups in total. The third-order valence-corrected chi connectivity index (χ3v) is 3.34. The van der Waals surface area contributed by atoms with Crippen molar-refractivity contribution in [2.45, 2.75) is 19.7 Å². The number of aryl methyl sites for hydroxylation is 1. The van der Waals surface area contributed by atoms with Gasteiger partial charge in [-0.2, -0.15) is 0 Å². The van der Waals surface area contributed by atoms with Crippen molar-refractivity contribution in [2.24, 2.45) is 0 Å². The van der Waals surface area contributed by atoms with E-state index in [-0.39, 0.29) is 5.75 Å².